The van der Waals surface area contributed by atoms with Gasteiger partial charge >= 0.3 is 0 Å². The molecule has 1 aliphatic rings. The van der Waals surface area contributed by atoms with Crippen LogP contribution < -0.4 is 5.73 Å². The van der Waals surface area contributed by atoms with E-state index in [0.717, 1.165) is 11.0 Å². The van der Waals surface area contributed by atoms with Gasteiger partial charge in [0.1, 0.15) is 6.54 Å². The van der Waals surface area contributed by atoms with Gasteiger partial charge in [0.25, 0.3) is 0 Å². The maximum absolute atomic E-state index is 5.94. The highest BCUT2D eigenvalue weighted by molar-refractivity contribution is 5.13. The van der Waals surface area contributed by atoms with E-state index in [1.165, 1.54) is 31.5 Å². The number of nitrogens with zero attached hydrogens (tertiary/aromatic N) is 1. The minimum absolute atomic E-state index is 0.437. The fourth-order valence-electron chi connectivity index (χ4n) is 2.39. The van der Waals surface area contributed by atoms with Crippen LogP contribution in [0.4, 0.5) is 0 Å². The molecule has 2 heteroatoms. The van der Waals surface area contributed by atoms with Crippen LogP contribution in [0.3, 0.4) is 0 Å². The van der Waals surface area contributed by atoms with Crippen molar-refractivity contribution in [1.29, 1.82) is 0 Å². The molecule has 2 nitrogen and oxygen atoms in total. The first-order valence-electron chi connectivity index (χ1n) is 5.81. The molecule has 0 aromatic heterocycles. The van der Waals surface area contributed by atoms with Crippen molar-refractivity contribution in [3.05, 3.63) is 35.9 Å². The zero-order valence-electron chi connectivity index (χ0n) is 9.52. The minimum atomic E-state index is 0.437. The highest BCUT2D eigenvalue weighted by Gasteiger charge is 2.28. The van der Waals surface area contributed by atoms with Crippen molar-refractivity contribution >= 4 is 0 Å². The van der Waals surface area contributed by atoms with Crippen molar-refractivity contribution in [2.24, 2.45) is 5.73 Å². The van der Waals surface area contributed by atoms with E-state index in [9.17, 15) is 0 Å². The van der Waals surface area contributed by atoms with E-state index >= 15 is 0 Å². The Morgan fingerprint density at radius 2 is 1.80 bits per heavy atom. The van der Waals surface area contributed by atoms with Gasteiger partial charge in [-0.15, -0.1) is 0 Å². The molecule has 1 aliphatic heterocycles. The SMILES string of the molecule is C[N+]1(Cc2ccccc2)CCC(N)CC1. The summed E-state index contributed by atoms with van der Waals surface area (Å²) < 4.78 is 1.15. The highest BCUT2D eigenvalue weighted by atomic mass is 15.3. The first kappa shape index (κ1) is 10.7. The Balaban J connectivity index is 1.99. The molecule has 1 fully saturated rings. The summed E-state index contributed by atoms with van der Waals surface area (Å²) in [6, 6.07) is 11.2. The van der Waals surface area contributed by atoms with Crippen molar-refractivity contribution in [3.63, 3.8) is 0 Å². The van der Waals surface area contributed by atoms with Gasteiger partial charge in [-0.05, 0) is 0 Å². The van der Waals surface area contributed by atoms with Gasteiger partial charge in [-0.3, -0.25) is 0 Å². The van der Waals surface area contributed by atoms with Gasteiger partial charge < -0.3 is 10.2 Å². The molecule has 0 bridgehead atoms. The zero-order chi connectivity index (χ0) is 10.7. The first-order valence-corrected chi connectivity index (χ1v) is 5.81. The number of piperidine rings is 1. The van der Waals surface area contributed by atoms with Crippen molar-refractivity contribution < 1.29 is 4.48 Å². The minimum Gasteiger partial charge on any atom is -0.327 e. The van der Waals surface area contributed by atoms with Crippen LogP contribution in [0.1, 0.15) is 18.4 Å². The molecule has 0 aliphatic carbocycles. The van der Waals surface area contributed by atoms with E-state index in [4.69, 9.17) is 5.73 Å². The predicted molar refractivity (Wildman–Crippen MR) is 63.3 cm³/mol. The third-order valence-corrected chi connectivity index (χ3v) is 3.49. The number of hydrogen-bond acceptors (Lipinski definition) is 1. The largest absolute Gasteiger partial charge is 0.327 e. The molecule has 1 aromatic rings. The molecule has 1 saturated heterocycles. The number of hydrogen-bond donors (Lipinski definition) is 1. The molecule has 2 N–H and O–H groups in total. The second kappa shape index (κ2) is 4.33. The number of rotatable bonds is 2. The number of quaternary nitrogens is 1. The van der Waals surface area contributed by atoms with Crippen LogP contribution in [-0.4, -0.2) is 30.7 Å². The Bertz CT molecular complexity index is 300. The summed E-state index contributed by atoms with van der Waals surface area (Å²) in [4.78, 5) is 0. The molecular formula is C13H21N2+. The summed E-state index contributed by atoms with van der Waals surface area (Å²) in [5, 5.41) is 0. The zero-order valence-corrected chi connectivity index (χ0v) is 9.52. The first-order chi connectivity index (χ1) is 7.18. The van der Waals surface area contributed by atoms with E-state index in [1.807, 2.05) is 0 Å². The highest BCUT2D eigenvalue weighted by Crippen LogP contribution is 2.19. The van der Waals surface area contributed by atoms with Crippen LogP contribution in [0.25, 0.3) is 0 Å². The van der Waals surface area contributed by atoms with Gasteiger partial charge in [0, 0.05) is 24.4 Å². The summed E-state index contributed by atoms with van der Waals surface area (Å²) in [5.74, 6) is 0. The summed E-state index contributed by atoms with van der Waals surface area (Å²) in [7, 11) is 2.35. The molecule has 0 spiro atoms. The maximum Gasteiger partial charge on any atom is 0.104 e. The molecule has 15 heavy (non-hydrogen) atoms. The lowest BCUT2D eigenvalue weighted by atomic mass is 10.0. The van der Waals surface area contributed by atoms with Crippen molar-refractivity contribution in [2.45, 2.75) is 25.4 Å². The van der Waals surface area contributed by atoms with Crippen molar-refractivity contribution in [1.82, 2.24) is 0 Å². The van der Waals surface area contributed by atoms with Gasteiger partial charge in [0.2, 0.25) is 0 Å². The molecule has 0 radical (unpaired) electrons. The molecular weight excluding hydrogens is 184 g/mol. The van der Waals surface area contributed by atoms with E-state index in [2.05, 4.69) is 37.4 Å². The van der Waals surface area contributed by atoms with Gasteiger partial charge in [0.05, 0.1) is 20.1 Å². The average Bonchev–Trinajstić information content (AvgIpc) is 2.24. The Kier molecular flexibility index (Phi) is 3.08. The molecule has 82 valence electrons. The fourth-order valence-corrected chi connectivity index (χ4v) is 2.39. The topological polar surface area (TPSA) is 26.0 Å². The summed E-state index contributed by atoms with van der Waals surface area (Å²) >= 11 is 0. The van der Waals surface area contributed by atoms with Gasteiger partial charge in [-0.1, -0.05) is 30.3 Å². The molecule has 0 atom stereocenters. The van der Waals surface area contributed by atoms with Crippen molar-refractivity contribution in [3.8, 4) is 0 Å². The van der Waals surface area contributed by atoms with Crippen LogP contribution >= 0.6 is 0 Å². The Labute approximate surface area is 92.3 Å². The second-order valence-corrected chi connectivity index (χ2v) is 5.05. The van der Waals surface area contributed by atoms with E-state index in [0.29, 0.717) is 6.04 Å². The molecule has 2 rings (SSSR count). The van der Waals surface area contributed by atoms with E-state index in [1.54, 1.807) is 0 Å². The summed E-state index contributed by atoms with van der Waals surface area (Å²) in [6.07, 6.45) is 2.34. The third kappa shape index (κ3) is 2.80. The molecule has 0 amide bonds. The fraction of sp³-hybridized carbons (Fsp3) is 0.538. The molecule has 1 heterocycles. The lowest BCUT2D eigenvalue weighted by Crippen LogP contribution is -2.51. The Hall–Kier alpha value is -0.860. The number of benzene rings is 1. The number of likely N-dealkylation sites (tertiary alicyclic amines) is 1. The normalized spacial score (nSPS) is 31.5. The lowest BCUT2D eigenvalue weighted by molar-refractivity contribution is -0.927. The lowest BCUT2D eigenvalue weighted by Gasteiger charge is -2.39. The molecule has 0 saturated carbocycles. The second-order valence-electron chi connectivity index (χ2n) is 5.05. The Morgan fingerprint density at radius 1 is 1.20 bits per heavy atom. The van der Waals surface area contributed by atoms with E-state index in [-0.39, 0.29) is 0 Å². The van der Waals surface area contributed by atoms with Crippen LogP contribution in [0.15, 0.2) is 30.3 Å². The third-order valence-electron chi connectivity index (χ3n) is 3.49. The van der Waals surface area contributed by atoms with Crippen LogP contribution in [0.5, 0.6) is 0 Å². The van der Waals surface area contributed by atoms with Crippen molar-refractivity contribution in [2.75, 3.05) is 20.1 Å². The average molecular weight is 205 g/mol. The Morgan fingerprint density at radius 3 is 2.40 bits per heavy atom. The summed E-state index contributed by atoms with van der Waals surface area (Å²) in [5.41, 5.74) is 7.38. The summed E-state index contributed by atoms with van der Waals surface area (Å²) in [6.45, 7) is 3.58. The van der Waals surface area contributed by atoms with Crippen LogP contribution in [0.2, 0.25) is 0 Å². The quantitative estimate of drug-likeness (QED) is 0.731. The number of nitrogens with two attached hydrogens (primary N) is 1. The van der Waals surface area contributed by atoms with Crippen LogP contribution in [0, 0.1) is 0 Å². The van der Waals surface area contributed by atoms with E-state index < -0.39 is 0 Å². The maximum atomic E-state index is 5.94. The standard InChI is InChI=1S/C13H21N2/c1-15(9-7-13(14)8-10-15)11-12-5-3-2-4-6-12/h2-6,13H,7-11,14H2,1H3/q+1. The molecule has 0 unspecified atom stereocenters. The van der Waals surface area contributed by atoms with Crippen LogP contribution in [-0.2, 0) is 6.54 Å². The van der Waals surface area contributed by atoms with Gasteiger partial charge in [-0.2, -0.15) is 0 Å². The van der Waals surface area contributed by atoms with Gasteiger partial charge in [-0.25, -0.2) is 0 Å². The monoisotopic (exact) mass is 205 g/mol. The van der Waals surface area contributed by atoms with Gasteiger partial charge in [0.15, 0.2) is 0 Å². The molecule has 1 aromatic carbocycles. The smallest absolute Gasteiger partial charge is 0.104 e. The predicted octanol–water partition coefficient (Wildman–Crippen LogP) is 1.75.